The van der Waals surface area contributed by atoms with Crippen LogP contribution in [0, 0.1) is 5.39 Å². The summed E-state index contributed by atoms with van der Waals surface area (Å²) < 4.78 is 0. The first-order valence-corrected chi connectivity index (χ1v) is 3.39. The van der Waals surface area contributed by atoms with Gasteiger partial charge in [0.15, 0.2) is 4.98 Å². The highest BCUT2D eigenvalue weighted by atomic mass is 35.5. The van der Waals surface area contributed by atoms with Crippen molar-refractivity contribution in [3.05, 3.63) is 33.8 Å². The Morgan fingerprint density at radius 3 is 2.67 bits per heavy atom. The molecule has 0 unspecified atom stereocenters. The Labute approximate surface area is 73.0 Å². The van der Waals surface area contributed by atoms with Crippen LogP contribution < -0.4 is 5.11 Å². The van der Waals surface area contributed by atoms with Gasteiger partial charge in [-0.15, -0.1) is 0 Å². The SMILES string of the molecule is N#[N+]c1c(Cl)cccc1C(=O)[O-]. The number of carboxylic acids is 1. The maximum Gasteiger partial charge on any atom is 0.412 e. The number of diazo groups is 1. The number of carboxylic acid groups (broad SMARTS) is 1. The molecule has 60 valence electrons. The van der Waals surface area contributed by atoms with E-state index < -0.39 is 5.97 Å². The molecule has 5 heteroatoms. The highest BCUT2D eigenvalue weighted by Crippen LogP contribution is 2.28. The number of carbonyl (C=O) groups excluding carboxylic acids is 1. The summed E-state index contributed by atoms with van der Waals surface area (Å²) in [4.78, 5) is 13.1. The van der Waals surface area contributed by atoms with Crippen molar-refractivity contribution in [2.75, 3.05) is 0 Å². The quantitative estimate of drug-likeness (QED) is 0.613. The van der Waals surface area contributed by atoms with Crippen molar-refractivity contribution < 1.29 is 9.90 Å². The Morgan fingerprint density at radius 1 is 1.58 bits per heavy atom. The first-order chi connectivity index (χ1) is 5.66. The van der Waals surface area contributed by atoms with Gasteiger partial charge in [-0.05, 0) is 12.1 Å². The third-order valence-electron chi connectivity index (χ3n) is 1.31. The third kappa shape index (κ3) is 1.36. The molecular formula is C7H3ClN2O2. The summed E-state index contributed by atoms with van der Waals surface area (Å²) in [6, 6.07) is 4.10. The molecule has 0 heterocycles. The Bertz CT molecular complexity index is 370. The summed E-state index contributed by atoms with van der Waals surface area (Å²) in [6.07, 6.45) is 0. The lowest BCUT2D eigenvalue weighted by atomic mass is 10.2. The molecule has 0 aliphatic heterocycles. The minimum Gasteiger partial charge on any atom is -0.545 e. The van der Waals surface area contributed by atoms with Crippen molar-refractivity contribution in [1.82, 2.24) is 0 Å². The number of rotatable bonds is 1. The fourth-order valence-corrected chi connectivity index (χ4v) is 0.994. The molecule has 0 aliphatic carbocycles. The monoisotopic (exact) mass is 182 g/mol. The van der Waals surface area contributed by atoms with Gasteiger partial charge >= 0.3 is 5.69 Å². The molecule has 0 atom stereocenters. The molecule has 1 rings (SSSR count). The van der Waals surface area contributed by atoms with Gasteiger partial charge in [0.1, 0.15) is 5.02 Å². The van der Waals surface area contributed by atoms with Crippen LogP contribution in [0.5, 0.6) is 0 Å². The molecule has 0 radical (unpaired) electrons. The molecule has 12 heavy (non-hydrogen) atoms. The van der Waals surface area contributed by atoms with E-state index in [0.717, 1.165) is 0 Å². The number of hydrogen-bond donors (Lipinski definition) is 0. The Morgan fingerprint density at radius 2 is 2.25 bits per heavy atom. The van der Waals surface area contributed by atoms with Gasteiger partial charge < -0.3 is 9.90 Å². The molecule has 0 spiro atoms. The van der Waals surface area contributed by atoms with Gasteiger partial charge in [-0.25, -0.2) is 0 Å². The number of carbonyl (C=O) groups is 1. The van der Waals surface area contributed by atoms with Crippen molar-refractivity contribution in [1.29, 1.82) is 5.39 Å². The Hall–Kier alpha value is -1.60. The predicted molar refractivity (Wildman–Crippen MR) is 40.5 cm³/mol. The van der Waals surface area contributed by atoms with E-state index in [0.29, 0.717) is 0 Å². The summed E-state index contributed by atoms with van der Waals surface area (Å²) >= 11 is 5.53. The maximum atomic E-state index is 10.4. The Balaban J connectivity index is 3.40. The van der Waals surface area contributed by atoms with Gasteiger partial charge in [0.05, 0.1) is 11.5 Å². The zero-order chi connectivity index (χ0) is 9.14. The van der Waals surface area contributed by atoms with E-state index in [1.807, 2.05) is 0 Å². The molecule has 0 bridgehead atoms. The minimum absolute atomic E-state index is 0.0687. The standard InChI is InChI=1S/C7H3ClN2O2/c8-5-3-1-2-4(7(11)12)6(5)10-9/h1-3H. The molecular weight excluding hydrogens is 180 g/mol. The van der Waals surface area contributed by atoms with Crippen LogP contribution in [0.25, 0.3) is 4.98 Å². The molecule has 1 aromatic rings. The van der Waals surface area contributed by atoms with E-state index in [1.165, 1.54) is 18.2 Å². The first-order valence-electron chi connectivity index (χ1n) is 3.01. The fourth-order valence-electron chi connectivity index (χ4n) is 0.782. The van der Waals surface area contributed by atoms with Gasteiger partial charge in [0.25, 0.3) is 0 Å². The van der Waals surface area contributed by atoms with Crippen LogP contribution >= 0.6 is 11.6 Å². The van der Waals surface area contributed by atoms with Crippen LogP contribution in [0.15, 0.2) is 18.2 Å². The third-order valence-corrected chi connectivity index (χ3v) is 1.61. The number of hydrogen-bond acceptors (Lipinski definition) is 3. The van der Waals surface area contributed by atoms with Crippen LogP contribution in [0.1, 0.15) is 10.4 Å². The molecule has 0 aliphatic rings. The lowest BCUT2D eigenvalue weighted by molar-refractivity contribution is -0.254. The molecule has 0 fully saturated rings. The topological polar surface area (TPSA) is 68.3 Å². The molecule has 0 amide bonds. The number of benzene rings is 1. The maximum absolute atomic E-state index is 10.4. The van der Waals surface area contributed by atoms with Crippen molar-refractivity contribution in [2.45, 2.75) is 0 Å². The largest absolute Gasteiger partial charge is 0.545 e. The number of aromatic carboxylic acids is 1. The van der Waals surface area contributed by atoms with Gasteiger partial charge in [-0.3, -0.25) is 0 Å². The van der Waals surface area contributed by atoms with Crippen molar-refractivity contribution >= 4 is 23.3 Å². The van der Waals surface area contributed by atoms with Crippen molar-refractivity contribution in [3.8, 4) is 0 Å². The van der Waals surface area contributed by atoms with E-state index in [2.05, 4.69) is 4.98 Å². The van der Waals surface area contributed by atoms with Crippen molar-refractivity contribution in [3.63, 3.8) is 0 Å². The van der Waals surface area contributed by atoms with Crippen molar-refractivity contribution in [2.24, 2.45) is 0 Å². The summed E-state index contributed by atoms with van der Waals surface area (Å²) in [7, 11) is 0. The van der Waals surface area contributed by atoms with Crippen LogP contribution in [-0.2, 0) is 0 Å². The number of nitrogens with zero attached hydrogens (tertiary/aromatic N) is 2. The molecule has 0 aromatic heterocycles. The zero-order valence-electron chi connectivity index (χ0n) is 5.82. The molecule has 1 aromatic carbocycles. The van der Waals surface area contributed by atoms with E-state index in [4.69, 9.17) is 17.0 Å². The van der Waals surface area contributed by atoms with Crippen LogP contribution in [0.3, 0.4) is 0 Å². The molecule has 0 saturated carbocycles. The van der Waals surface area contributed by atoms with E-state index >= 15 is 0 Å². The lowest BCUT2D eigenvalue weighted by Crippen LogP contribution is -2.22. The second-order valence-corrected chi connectivity index (χ2v) is 2.43. The second kappa shape index (κ2) is 3.20. The van der Waals surface area contributed by atoms with Crippen LogP contribution in [0.4, 0.5) is 5.69 Å². The minimum atomic E-state index is -1.43. The molecule has 0 N–H and O–H groups in total. The number of halogens is 1. The molecule has 0 saturated heterocycles. The van der Waals surface area contributed by atoms with E-state index in [1.54, 1.807) is 0 Å². The molecule has 4 nitrogen and oxygen atoms in total. The van der Waals surface area contributed by atoms with Crippen LogP contribution in [0.2, 0.25) is 5.02 Å². The normalized spacial score (nSPS) is 9.00. The first kappa shape index (κ1) is 8.50. The lowest BCUT2D eigenvalue weighted by Gasteiger charge is -1.97. The second-order valence-electron chi connectivity index (χ2n) is 2.02. The van der Waals surface area contributed by atoms with E-state index in [-0.39, 0.29) is 16.3 Å². The van der Waals surface area contributed by atoms with Gasteiger partial charge in [-0.1, -0.05) is 17.7 Å². The summed E-state index contributed by atoms with van der Waals surface area (Å²) in [5, 5.41) is 18.9. The summed E-state index contributed by atoms with van der Waals surface area (Å²) in [5.41, 5.74) is -0.413. The highest BCUT2D eigenvalue weighted by molar-refractivity contribution is 6.34. The fraction of sp³-hybridized carbons (Fsp3) is 0. The Kier molecular flexibility index (Phi) is 2.26. The van der Waals surface area contributed by atoms with Gasteiger partial charge in [-0.2, -0.15) is 0 Å². The smallest absolute Gasteiger partial charge is 0.412 e. The van der Waals surface area contributed by atoms with Gasteiger partial charge in [0, 0.05) is 0 Å². The zero-order valence-corrected chi connectivity index (χ0v) is 6.58. The average molecular weight is 183 g/mol. The van der Waals surface area contributed by atoms with Gasteiger partial charge in [0.2, 0.25) is 5.39 Å². The van der Waals surface area contributed by atoms with Crippen LogP contribution in [-0.4, -0.2) is 5.97 Å². The predicted octanol–water partition coefficient (Wildman–Crippen LogP) is 1.19. The van der Waals surface area contributed by atoms with E-state index in [9.17, 15) is 9.90 Å². The summed E-state index contributed by atoms with van der Waals surface area (Å²) in [5.74, 6) is -1.43. The average Bonchev–Trinajstić information content (AvgIpc) is 2.03. The highest BCUT2D eigenvalue weighted by Gasteiger charge is 2.18. The summed E-state index contributed by atoms with van der Waals surface area (Å²) in [6.45, 7) is 0.